The lowest BCUT2D eigenvalue weighted by Crippen LogP contribution is -2.47. The number of halogens is 2. The normalized spacial score (nSPS) is 14.5. The molecule has 1 amide bonds. The number of amides is 1. The molecule has 0 bridgehead atoms. The number of carbonyl (C=O) groups is 1. The number of anilines is 1. The molecule has 21 heavy (non-hydrogen) atoms. The van der Waals surface area contributed by atoms with Crippen LogP contribution < -0.4 is 11.1 Å². The standard InChI is InChI=1S/C13H15N5O.2ClH/c14-13-10-2-1-9(5-11(10)16-8-17-13)7-18-4-3-15-6-12(18)19;;/h1-2,5,8,15H,3-4,6-7H2,(H2,14,16,17);2*1H. The Labute approximate surface area is 134 Å². The van der Waals surface area contributed by atoms with E-state index in [4.69, 9.17) is 5.73 Å². The summed E-state index contributed by atoms with van der Waals surface area (Å²) in [6.07, 6.45) is 1.46. The Kier molecular flexibility index (Phi) is 6.14. The third kappa shape index (κ3) is 3.72. The molecule has 1 aromatic heterocycles. The van der Waals surface area contributed by atoms with E-state index in [0.29, 0.717) is 18.9 Å². The van der Waals surface area contributed by atoms with E-state index >= 15 is 0 Å². The van der Waals surface area contributed by atoms with Gasteiger partial charge in [-0.1, -0.05) is 6.07 Å². The van der Waals surface area contributed by atoms with Gasteiger partial charge in [0.15, 0.2) is 0 Å². The van der Waals surface area contributed by atoms with Gasteiger partial charge >= 0.3 is 0 Å². The molecule has 1 saturated heterocycles. The molecule has 114 valence electrons. The number of nitrogens with zero attached hydrogens (tertiary/aromatic N) is 3. The maximum Gasteiger partial charge on any atom is 0.236 e. The summed E-state index contributed by atoms with van der Waals surface area (Å²) in [5.74, 6) is 0.614. The Morgan fingerprint density at radius 3 is 2.86 bits per heavy atom. The van der Waals surface area contributed by atoms with Gasteiger partial charge in [0.1, 0.15) is 12.1 Å². The average molecular weight is 330 g/mol. The average Bonchev–Trinajstić information content (AvgIpc) is 2.42. The van der Waals surface area contributed by atoms with Gasteiger partial charge in [0.25, 0.3) is 0 Å². The van der Waals surface area contributed by atoms with Crippen molar-refractivity contribution in [2.24, 2.45) is 0 Å². The van der Waals surface area contributed by atoms with Crippen LogP contribution in [0.1, 0.15) is 5.56 Å². The van der Waals surface area contributed by atoms with Crippen LogP contribution in [0.5, 0.6) is 0 Å². The summed E-state index contributed by atoms with van der Waals surface area (Å²) in [5, 5.41) is 3.90. The van der Waals surface area contributed by atoms with Crippen molar-refractivity contribution in [3.05, 3.63) is 30.1 Å². The summed E-state index contributed by atoms with van der Waals surface area (Å²) in [4.78, 5) is 21.8. The maximum atomic E-state index is 11.7. The summed E-state index contributed by atoms with van der Waals surface area (Å²) < 4.78 is 0. The van der Waals surface area contributed by atoms with Crippen LogP contribution in [-0.4, -0.2) is 40.4 Å². The molecule has 2 aromatic rings. The van der Waals surface area contributed by atoms with E-state index in [0.717, 1.165) is 29.6 Å². The summed E-state index contributed by atoms with van der Waals surface area (Å²) in [6, 6.07) is 5.84. The van der Waals surface area contributed by atoms with Gasteiger partial charge in [0, 0.05) is 25.0 Å². The Morgan fingerprint density at radius 2 is 2.10 bits per heavy atom. The highest BCUT2D eigenvalue weighted by Gasteiger charge is 2.17. The van der Waals surface area contributed by atoms with Crippen LogP contribution in [0.4, 0.5) is 5.82 Å². The molecule has 3 rings (SSSR count). The molecular weight excluding hydrogens is 313 g/mol. The monoisotopic (exact) mass is 329 g/mol. The quantitative estimate of drug-likeness (QED) is 0.858. The topological polar surface area (TPSA) is 84.1 Å². The van der Waals surface area contributed by atoms with Crippen molar-refractivity contribution in [3.63, 3.8) is 0 Å². The van der Waals surface area contributed by atoms with Gasteiger partial charge < -0.3 is 16.0 Å². The highest BCUT2D eigenvalue weighted by atomic mass is 35.5. The number of hydrogen-bond donors (Lipinski definition) is 2. The predicted octanol–water partition coefficient (Wildman–Crippen LogP) is 0.987. The van der Waals surface area contributed by atoms with Crippen molar-refractivity contribution in [1.82, 2.24) is 20.2 Å². The fraction of sp³-hybridized carbons (Fsp3) is 0.308. The minimum absolute atomic E-state index is 0. The van der Waals surface area contributed by atoms with Gasteiger partial charge in [-0.3, -0.25) is 4.79 Å². The van der Waals surface area contributed by atoms with Crippen molar-refractivity contribution in [2.45, 2.75) is 6.54 Å². The summed E-state index contributed by atoms with van der Waals surface area (Å²) in [6.45, 7) is 2.61. The smallest absolute Gasteiger partial charge is 0.236 e. The molecule has 8 heteroatoms. The highest BCUT2D eigenvalue weighted by Crippen LogP contribution is 2.18. The van der Waals surface area contributed by atoms with Crippen molar-refractivity contribution in [2.75, 3.05) is 25.4 Å². The highest BCUT2D eigenvalue weighted by molar-refractivity contribution is 5.88. The first kappa shape index (κ1) is 17.4. The SMILES string of the molecule is Cl.Cl.Nc1ncnc2cc(CN3CCNCC3=O)ccc12. The zero-order valence-corrected chi connectivity index (χ0v) is 12.9. The van der Waals surface area contributed by atoms with E-state index in [1.54, 1.807) is 0 Å². The first-order valence-electron chi connectivity index (χ1n) is 6.21. The molecule has 1 fully saturated rings. The number of nitrogen functional groups attached to an aromatic ring is 1. The third-order valence-corrected chi connectivity index (χ3v) is 3.29. The van der Waals surface area contributed by atoms with Crippen molar-refractivity contribution in [3.8, 4) is 0 Å². The molecule has 3 N–H and O–H groups in total. The zero-order chi connectivity index (χ0) is 13.2. The van der Waals surface area contributed by atoms with Crippen LogP contribution in [0.15, 0.2) is 24.5 Å². The van der Waals surface area contributed by atoms with Gasteiger partial charge in [-0.15, -0.1) is 24.8 Å². The molecule has 2 heterocycles. The molecule has 1 aromatic carbocycles. The summed E-state index contributed by atoms with van der Waals surface area (Å²) >= 11 is 0. The lowest BCUT2D eigenvalue weighted by Gasteiger charge is -2.27. The molecule has 0 atom stereocenters. The largest absolute Gasteiger partial charge is 0.383 e. The summed E-state index contributed by atoms with van der Waals surface area (Å²) in [7, 11) is 0. The van der Waals surface area contributed by atoms with Crippen LogP contribution >= 0.6 is 24.8 Å². The second kappa shape index (κ2) is 7.40. The second-order valence-corrected chi connectivity index (χ2v) is 4.60. The number of rotatable bonds is 2. The van der Waals surface area contributed by atoms with E-state index in [-0.39, 0.29) is 30.7 Å². The fourth-order valence-corrected chi connectivity index (χ4v) is 2.26. The van der Waals surface area contributed by atoms with Crippen molar-refractivity contribution in [1.29, 1.82) is 0 Å². The lowest BCUT2D eigenvalue weighted by molar-refractivity contribution is -0.132. The number of benzene rings is 1. The Morgan fingerprint density at radius 1 is 1.29 bits per heavy atom. The molecule has 0 radical (unpaired) electrons. The molecule has 0 aliphatic carbocycles. The van der Waals surface area contributed by atoms with Gasteiger partial charge in [0.05, 0.1) is 12.1 Å². The molecule has 1 aliphatic heterocycles. The van der Waals surface area contributed by atoms with Crippen LogP contribution in [-0.2, 0) is 11.3 Å². The van der Waals surface area contributed by atoms with E-state index in [1.807, 2.05) is 23.1 Å². The van der Waals surface area contributed by atoms with Gasteiger partial charge in [-0.05, 0) is 17.7 Å². The number of nitrogens with two attached hydrogens (primary N) is 1. The first-order chi connectivity index (χ1) is 9.24. The second-order valence-electron chi connectivity index (χ2n) is 4.60. The minimum atomic E-state index is 0. The number of carbonyl (C=O) groups excluding carboxylic acids is 1. The Balaban J connectivity index is 0.00000110. The van der Waals surface area contributed by atoms with E-state index in [2.05, 4.69) is 15.3 Å². The van der Waals surface area contributed by atoms with Gasteiger partial charge in [-0.25, -0.2) is 9.97 Å². The van der Waals surface area contributed by atoms with Crippen molar-refractivity contribution < 1.29 is 4.79 Å². The molecule has 1 aliphatic rings. The van der Waals surface area contributed by atoms with Gasteiger partial charge in [-0.2, -0.15) is 0 Å². The van der Waals surface area contributed by atoms with Crippen LogP contribution in [0.2, 0.25) is 0 Å². The van der Waals surface area contributed by atoms with Crippen LogP contribution in [0, 0.1) is 0 Å². The van der Waals surface area contributed by atoms with Crippen LogP contribution in [0.3, 0.4) is 0 Å². The molecular formula is C13H17Cl2N5O. The zero-order valence-electron chi connectivity index (χ0n) is 11.3. The van der Waals surface area contributed by atoms with E-state index in [1.165, 1.54) is 6.33 Å². The number of aromatic nitrogens is 2. The Hall–Kier alpha value is -1.63. The van der Waals surface area contributed by atoms with E-state index < -0.39 is 0 Å². The summed E-state index contributed by atoms with van der Waals surface area (Å²) in [5.41, 5.74) is 7.66. The number of fused-ring (bicyclic) bond motifs is 1. The fourth-order valence-electron chi connectivity index (χ4n) is 2.26. The van der Waals surface area contributed by atoms with Crippen molar-refractivity contribution >= 4 is 47.4 Å². The predicted molar refractivity (Wildman–Crippen MR) is 86.7 cm³/mol. The van der Waals surface area contributed by atoms with E-state index in [9.17, 15) is 4.79 Å². The maximum absolute atomic E-state index is 11.7. The third-order valence-electron chi connectivity index (χ3n) is 3.29. The molecule has 6 nitrogen and oxygen atoms in total. The molecule has 0 unspecified atom stereocenters. The number of hydrogen-bond acceptors (Lipinski definition) is 5. The lowest BCUT2D eigenvalue weighted by atomic mass is 10.1. The number of piperazine rings is 1. The minimum Gasteiger partial charge on any atom is -0.383 e. The van der Waals surface area contributed by atoms with Crippen LogP contribution in [0.25, 0.3) is 10.9 Å². The van der Waals surface area contributed by atoms with Gasteiger partial charge in [0.2, 0.25) is 5.91 Å². The first-order valence-corrected chi connectivity index (χ1v) is 6.21. The Bertz CT molecular complexity index is 637. The number of nitrogens with one attached hydrogen (secondary N) is 1. The molecule has 0 saturated carbocycles. The molecule has 0 spiro atoms.